The Labute approximate surface area is 185 Å². The Hall–Kier alpha value is -2.41. The molecule has 0 unspecified atom stereocenters. The first kappa shape index (κ1) is 24.6. The third-order valence-electron chi connectivity index (χ3n) is 4.19. The zero-order valence-electron chi connectivity index (χ0n) is 17.5. The number of ether oxygens (including phenoxy) is 2. The number of esters is 1. The Bertz CT molecular complexity index is 757. The predicted octanol–water partition coefficient (Wildman–Crippen LogP) is 1.46. The molecule has 29 heavy (non-hydrogen) atoms. The van der Waals surface area contributed by atoms with Crippen molar-refractivity contribution in [3.63, 3.8) is 0 Å². The van der Waals surface area contributed by atoms with E-state index < -0.39 is 11.9 Å². The molecule has 0 fully saturated rings. The summed E-state index contributed by atoms with van der Waals surface area (Å²) in [7, 11) is 0. The van der Waals surface area contributed by atoms with Crippen molar-refractivity contribution in [3.05, 3.63) is 89.4 Å². The molecule has 0 saturated carbocycles. The zero-order chi connectivity index (χ0) is 20.2. The van der Waals surface area contributed by atoms with Crippen molar-refractivity contribution in [1.29, 1.82) is 0 Å². The summed E-state index contributed by atoms with van der Waals surface area (Å²) in [6, 6.07) is 20.3. The van der Waals surface area contributed by atoms with E-state index in [0.29, 0.717) is 12.8 Å². The van der Waals surface area contributed by atoms with Crippen molar-refractivity contribution >= 4 is 11.5 Å². The number of benzene rings is 2. The molecule has 0 amide bonds. The zero-order valence-corrected chi connectivity index (χ0v) is 17.5. The molecule has 0 bridgehead atoms. The maximum Gasteiger partial charge on any atom is 1.00 e. The number of carbonyl (C=O) groups is 1. The van der Waals surface area contributed by atoms with Crippen LogP contribution in [0.1, 0.15) is 44.2 Å². The molecule has 2 aromatic rings. The van der Waals surface area contributed by atoms with Crippen LogP contribution < -0.4 is 24.0 Å². The molecule has 0 heterocycles. The fourth-order valence-corrected chi connectivity index (χ4v) is 2.89. The van der Waals surface area contributed by atoms with Crippen molar-refractivity contribution in [1.82, 2.24) is 0 Å². The normalized spacial score (nSPS) is 11.0. The molecule has 0 aromatic heterocycles. The number of allylic oxidation sites excluding steroid dienone is 1. The molecule has 5 heteroatoms. The van der Waals surface area contributed by atoms with Crippen LogP contribution in [-0.4, -0.2) is 19.2 Å². The van der Waals surface area contributed by atoms with Crippen molar-refractivity contribution in [3.8, 4) is 0 Å². The number of carbonyl (C=O) groups excluding carboxylic acids is 1. The molecule has 4 nitrogen and oxygen atoms in total. The van der Waals surface area contributed by atoms with Crippen LogP contribution in [0, 0.1) is 0 Å². The molecule has 0 spiro atoms. The van der Waals surface area contributed by atoms with Gasteiger partial charge in [0.05, 0.1) is 18.1 Å². The van der Waals surface area contributed by atoms with Gasteiger partial charge in [0.25, 0.3) is 0 Å². The summed E-state index contributed by atoms with van der Waals surface area (Å²) in [6.45, 7) is 3.90. The first-order chi connectivity index (χ1) is 13.7. The molecule has 148 valence electrons. The molecule has 0 radical (unpaired) electrons. The van der Waals surface area contributed by atoms with E-state index in [1.54, 1.807) is 13.8 Å². The molecular formula is C24H27LiO4. The summed E-state index contributed by atoms with van der Waals surface area (Å²) < 4.78 is 9.99. The Morgan fingerprint density at radius 3 is 1.90 bits per heavy atom. The van der Waals surface area contributed by atoms with Crippen molar-refractivity contribution in [2.45, 2.75) is 33.1 Å². The predicted molar refractivity (Wildman–Crippen MR) is 109 cm³/mol. The van der Waals surface area contributed by atoms with Gasteiger partial charge in [-0.15, -0.1) is 0 Å². The summed E-state index contributed by atoms with van der Waals surface area (Å²) in [5.41, 5.74) is 3.48. The SMILES string of the molecule is CCOC(=O)/C(CCCC=C(c1ccccc1)c1ccccc1)=C(\[O-])OCC.[Li+]. The van der Waals surface area contributed by atoms with E-state index in [1.807, 2.05) is 36.4 Å². The number of unbranched alkanes of at least 4 members (excludes halogenated alkanes) is 1. The third kappa shape index (κ3) is 7.85. The molecule has 0 atom stereocenters. The van der Waals surface area contributed by atoms with Gasteiger partial charge < -0.3 is 14.6 Å². The van der Waals surface area contributed by atoms with Crippen LogP contribution >= 0.6 is 0 Å². The molecule has 0 saturated heterocycles. The van der Waals surface area contributed by atoms with Gasteiger partial charge in [-0.2, -0.15) is 0 Å². The minimum absolute atomic E-state index is 0. The van der Waals surface area contributed by atoms with Crippen molar-refractivity contribution in [2.75, 3.05) is 13.2 Å². The Morgan fingerprint density at radius 2 is 1.41 bits per heavy atom. The second-order valence-electron chi connectivity index (χ2n) is 6.16. The molecular weight excluding hydrogens is 359 g/mol. The standard InChI is InChI=1S/C24H28O4.Li/c1-3-27-23(25)22(24(26)28-4-2)18-12-11-17-21(19-13-7-5-8-14-19)20-15-9-6-10-16-20;/h5-10,13-17,25H,3-4,11-12,18H2,1-2H3;/q;+1/p-1/b23-22+;. The van der Waals surface area contributed by atoms with E-state index in [9.17, 15) is 9.90 Å². The van der Waals surface area contributed by atoms with Crippen molar-refractivity contribution < 1.29 is 38.2 Å². The van der Waals surface area contributed by atoms with Crippen LogP contribution in [0.5, 0.6) is 0 Å². The number of hydrogen-bond donors (Lipinski definition) is 0. The Morgan fingerprint density at radius 1 is 0.897 bits per heavy atom. The summed E-state index contributed by atoms with van der Waals surface area (Å²) in [6.07, 6.45) is 3.85. The molecule has 0 aliphatic rings. The van der Waals surface area contributed by atoms with Crippen LogP contribution in [-0.2, 0) is 14.3 Å². The van der Waals surface area contributed by atoms with E-state index in [1.165, 1.54) is 0 Å². The first-order valence-corrected chi connectivity index (χ1v) is 9.68. The maximum atomic E-state index is 12.1. The van der Waals surface area contributed by atoms with Gasteiger partial charge in [0, 0.05) is 0 Å². The van der Waals surface area contributed by atoms with Gasteiger partial charge in [-0.3, -0.25) is 0 Å². The summed E-state index contributed by atoms with van der Waals surface area (Å²) in [5.74, 6) is -1.17. The van der Waals surface area contributed by atoms with Crippen LogP contribution in [0.3, 0.4) is 0 Å². The monoisotopic (exact) mass is 386 g/mol. The minimum atomic E-state index is -0.587. The number of rotatable bonds is 10. The summed E-state index contributed by atoms with van der Waals surface area (Å²) in [4.78, 5) is 12.1. The van der Waals surface area contributed by atoms with E-state index in [0.717, 1.165) is 23.1 Å². The topological polar surface area (TPSA) is 58.6 Å². The van der Waals surface area contributed by atoms with Gasteiger partial charge in [-0.1, -0.05) is 73.7 Å². The van der Waals surface area contributed by atoms with E-state index in [4.69, 9.17) is 9.47 Å². The second kappa shape index (κ2) is 13.7. The van der Waals surface area contributed by atoms with Crippen LogP contribution in [0.4, 0.5) is 0 Å². The van der Waals surface area contributed by atoms with Crippen LogP contribution in [0.15, 0.2) is 78.3 Å². The smallest absolute Gasteiger partial charge is 0.613 e. The molecule has 2 rings (SSSR count). The van der Waals surface area contributed by atoms with E-state index in [-0.39, 0.29) is 37.6 Å². The average molecular weight is 386 g/mol. The molecule has 0 aliphatic heterocycles. The maximum absolute atomic E-state index is 12.1. The van der Waals surface area contributed by atoms with Crippen LogP contribution in [0.2, 0.25) is 0 Å². The third-order valence-corrected chi connectivity index (χ3v) is 4.19. The second-order valence-corrected chi connectivity index (χ2v) is 6.16. The van der Waals surface area contributed by atoms with Crippen LogP contribution in [0.25, 0.3) is 5.57 Å². The summed E-state index contributed by atoms with van der Waals surface area (Å²) >= 11 is 0. The molecule has 2 aromatic carbocycles. The minimum Gasteiger partial charge on any atom is -0.613 e. The fourth-order valence-electron chi connectivity index (χ4n) is 2.89. The Kier molecular flexibility index (Phi) is 11.6. The van der Waals surface area contributed by atoms with Gasteiger partial charge in [-0.05, 0) is 49.5 Å². The van der Waals surface area contributed by atoms with Gasteiger partial charge in [0.2, 0.25) is 0 Å². The van der Waals surface area contributed by atoms with Gasteiger partial charge >= 0.3 is 24.8 Å². The quantitative estimate of drug-likeness (QED) is 0.204. The fraction of sp³-hybridized carbons (Fsp3) is 0.292. The molecule has 0 aliphatic carbocycles. The average Bonchev–Trinajstić information content (AvgIpc) is 2.72. The van der Waals surface area contributed by atoms with E-state index >= 15 is 0 Å². The van der Waals surface area contributed by atoms with Crippen molar-refractivity contribution in [2.24, 2.45) is 0 Å². The number of hydrogen-bond acceptors (Lipinski definition) is 4. The summed E-state index contributed by atoms with van der Waals surface area (Å²) in [5, 5.41) is 12.1. The molecule has 0 N–H and O–H groups in total. The Balaban J connectivity index is 0.00000420. The van der Waals surface area contributed by atoms with E-state index in [2.05, 4.69) is 30.3 Å². The van der Waals surface area contributed by atoms with Gasteiger partial charge in [-0.25, -0.2) is 4.79 Å². The first-order valence-electron chi connectivity index (χ1n) is 9.68. The van der Waals surface area contributed by atoms with Gasteiger partial charge in [0.15, 0.2) is 0 Å². The largest absolute Gasteiger partial charge is 1.00 e. The van der Waals surface area contributed by atoms with Gasteiger partial charge in [0.1, 0.15) is 0 Å².